The SMILES string of the molecule is C[C@H](NC(=O)CCCC(=O)ON1C(=O)CCC1=O)C(=O)N[C@H](C)C(=O)N[C@@H](CC(N)=O)C(=O)N[C@@H](CCN(C(=O)CO)[C@@H](c1cc(-c2cc(F)ccc2F)cn1Cc1ccccc1)C(C)(C)C)C(=O)NCCC(=O)N[C@@H](CCC(=O)O)C(=O)O. The third-order valence-corrected chi connectivity index (χ3v) is 13.0. The molecule has 1 aliphatic heterocycles. The quantitative estimate of drug-likeness (QED) is 0.0377. The Hall–Kier alpha value is -9.15. The van der Waals surface area contributed by atoms with Gasteiger partial charge in [-0.3, -0.25) is 52.7 Å². The van der Waals surface area contributed by atoms with Crippen molar-refractivity contribution in [3.8, 4) is 11.1 Å². The van der Waals surface area contributed by atoms with Gasteiger partial charge in [0.1, 0.15) is 48.5 Å². The number of aliphatic carboxylic acids is 2. The smallest absolute Gasteiger partial charge is 0.333 e. The molecule has 1 aromatic heterocycles. The first-order valence-electron chi connectivity index (χ1n) is 26.7. The average Bonchev–Trinajstić information content (AvgIpc) is 2.02. The fourth-order valence-electron chi connectivity index (χ4n) is 8.81. The van der Waals surface area contributed by atoms with Crippen LogP contribution < -0.4 is 37.6 Å². The number of aliphatic hydroxyl groups excluding tert-OH is 1. The third-order valence-electron chi connectivity index (χ3n) is 13.0. The van der Waals surface area contributed by atoms with Gasteiger partial charge in [-0.2, -0.15) is 0 Å². The molecule has 3 aromatic rings. The van der Waals surface area contributed by atoms with Gasteiger partial charge in [-0.1, -0.05) is 51.1 Å². The van der Waals surface area contributed by atoms with Crippen molar-refractivity contribution in [2.45, 2.75) is 142 Å². The lowest BCUT2D eigenvalue weighted by atomic mass is 9.82. The van der Waals surface area contributed by atoms with Crippen LogP contribution in [0.15, 0.2) is 60.8 Å². The second-order valence-electron chi connectivity index (χ2n) is 20.8. The van der Waals surface area contributed by atoms with Crippen LogP contribution in [-0.4, -0.2) is 157 Å². The van der Waals surface area contributed by atoms with Gasteiger partial charge in [0.2, 0.25) is 47.3 Å². The monoisotopic (exact) mass is 1180 g/mol. The number of hydrogen-bond donors (Lipinski definition) is 10. The molecule has 0 saturated carbocycles. The number of hydrogen-bond acceptors (Lipinski definition) is 15. The maximum Gasteiger partial charge on any atom is 0.333 e. The normalized spacial score (nSPS) is 14.4. The van der Waals surface area contributed by atoms with Crippen LogP contribution in [0, 0.1) is 17.0 Å². The molecule has 0 aliphatic carbocycles. The molecule has 0 unspecified atom stereocenters. The highest BCUT2D eigenvalue weighted by molar-refractivity contribution is 6.02. The number of amides is 10. The standard InChI is InChI=1S/C55H70F2N10O17/c1-30(60-42(70)12-9-13-48(77)84-67-44(72)17-18-45(67)73)50(78)61-31(2)51(79)64-39(26-41(58)69)53(81)63-37(52(80)59-22-20-43(71)62-38(54(82)83)16-19-47(75)76)21-23-66(46(74)29-68)49(55(3,4)5)40-24-33(35-25-34(56)14-15-36(35)57)28-65(40)27-32-10-7-6-8-11-32/h6-8,10-11,14-15,24-25,28,30-31,37-39,49,68H,9,12-13,16-23,26-27,29H2,1-5H3,(H2,58,69)(H,59,80)(H,60,70)(H,61,78)(H,62,71)(H,63,81)(H,64,79)(H,75,76)(H,82,83)/t30-,31+,37-,38-,39-,49-/m0/s1. The van der Waals surface area contributed by atoms with E-state index in [9.17, 15) is 76.9 Å². The summed E-state index contributed by atoms with van der Waals surface area (Å²) in [7, 11) is 0. The Bertz CT molecular complexity index is 2930. The number of hydroxylamine groups is 2. The molecule has 6 atom stereocenters. The summed E-state index contributed by atoms with van der Waals surface area (Å²) in [4.78, 5) is 171. The van der Waals surface area contributed by atoms with Crippen molar-refractivity contribution in [3.63, 3.8) is 0 Å². The summed E-state index contributed by atoms with van der Waals surface area (Å²) < 4.78 is 31.8. The number of carbonyl (C=O) groups excluding carboxylic acids is 11. The van der Waals surface area contributed by atoms with Crippen molar-refractivity contribution in [1.29, 1.82) is 0 Å². The number of nitrogens with zero attached hydrogens (tertiary/aromatic N) is 3. The van der Waals surface area contributed by atoms with Gasteiger partial charge in [0.25, 0.3) is 11.8 Å². The van der Waals surface area contributed by atoms with Gasteiger partial charge < -0.3 is 67.3 Å². The summed E-state index contributed by atoms with van der Waals surface area (Å²) >= 11 is 0. The van der Waals surface area contributed by atoms with E-state index in [2.05, 4.69) is 31.9 Å². The van der Waals surface area contributed by atoms with Crippen molar-refractivity contribution in [2.75, 3.05) is 19.7 Å². The van der Waals surface area contributed by atoms with Crippen LogP contribution in [0.3, 0.4) is 0 Å². The number of nitrogens with two attached hydrogens (primary N) is 1. The van der Waals surface area contributed by atoms with Crippen molar-refractivity contribution >= 4 is 77.0 Å². The number of imide groups is 1. The van der Waals surface area contributed by atoms with E-state index < -0.39 is 182 Å². The number of aromatic nitrogens is 1. The fourth-order valence-corrected chi connectivity index (χ4v) is 8.81. The van der Waals surface area contributed by atoms with Gasteiger partial charge in [-0.25, -0.2) is 18.4 Å². The summed E-state index contributed by atoms with van der Waals surface area (Å²) in [5, 5.41) is 43.4. The Balaban J connectivity index is 1.59. The van der Waals surface area contributed by atoms with E-state index in [0.29, 0.717) is 10.8 Å². The Labute approximate surface area is 480 Å². The molecular weight excluding hydrogens is 1110 g/mol. The molecular formula is C55H70F2N10O17. The third kappa shape index (κ3) is 20.7. The Kier molecular flexibility index (Phi) is 25.1. The number of primary amides is 1. The lowest BCUT2D eigenvalue weighted by molar-refractivity contribution is -0.197. The number of rotatable bonds is 32. The van der Waals surface area contributed by atoms with E-state index >= 15 is 4.39 Å². The van der Waals surface area contributed by atoms with Gasteiger partial charge in [0.15, 0.2) is 0 Å². The zero-order valence-electron chi connectivity index (χ0n) is 46.9. The topological polar surface area (TPSA) is 401 Å². The highest BCUT2D eigenvalue weighted by atomic mass is 19.1. The average molecular weight is 1180 g/mol. The van der Waals surface area contributed by atoms with Crippen LogP contribution in [0.25, 0.3) is 11.1 Å². The number of benzene rings is 2. The summed E-state index contributed by atoms with van der Waals surface area (Å²) in [6, 6.07) is 4.41. The van der Waals surface area contributed by atoms with Gasteiger partial charge in [0, 0.05) is 81.2 Å². The summed E-state index contributed by atoms with van der Waals surface area (Å²) in [6.07, 6.45) is -2.49. The van der Waals surface area contributed by atoms with Crippen LogP contribution in [0.2, 0.25) is 0 Å². The molecule has 1 aliphatic rings. The number of carboxylic acids is 2. The number of carbonyl (C=O) groups is 13. The molecule has 0 bridgehead atoms. The Morgan fingerprint density at radius 3 is 1.95 bits per heavy atom. The second-order valence-corrected chi connectivity index (χ2v) is 20.8. The highest BCUT2D eigenvalue weighted by Crippen LogP contribution is 2.41. The predicted molar refractivity (Wildman–Crippen MR) is 289 cm³/mol. The molecule has 84 heavy (non-hydrogen) atoms. The Morgan fingerprint density at radius 2 is 1.35 bits per heavy atom. The largest absolute Gasteiger partial charge is 0.481 e. The number of aliphatic hydroxyl groups is 1. The predicted octanol–water partition coefficient (Wildman–Crippen LogP) is 0.352. The molecule has 1 saturated heterocycles. The molecule has 29 heteroatoms. The van der Waals surface area contributed by atoms with E-state index in [4.69, 9.17) is 15.7 Å². The summed E-state index contributed by atoms with van der Waals surface area (Å²) in [5.74, 6) is -14.6. The van der Waals surface area contributed by atoms with E-state index in [1.54, 1.807) is 55.8 Å². The highest BCUT2D eigenvalue weighted by Gasteiger charge is 2.39. The van der Waals surface area contributed by atoms with Crippen LogP contribution >= 0.6 is 0 Å². The Morgan fingerprint density at radius 1 is 0.726 bits per heavy atom. The molecule has 0 radical (unpaired) electrons. The van der Waals surface area contributed by atoms with Gasteiger partial charge in [-0.15, -0.1) is 5.06 Å². The van der Waals surface area contributed by atoms with Crippen molar-refractivity contribution in [2.24, 2.45) is 11.1 Å². The second kappa shape index (κ2) is 31.3. The molecule has 0 spiro atoms. The number of carboxylic acid groups (broad SMARTS) is 2. The molecule has 4 rings (SSSR count). The maximum absolute atomic E-state index is 15.4. The lowest BCUT2D eigenvalue weighted by Crippen LogP contribution is -2.58. The van der Waals surface area contributed by atoms with Crippen molar-refractivity contribution < 1.29 is 91.3 Å². The van der Waals surface area contributed by atoms with Crippen LogP contribution in [0.4, 0.5) is 8.78 Å². The molecule has 2 heterocycles. The van der Waals surface area contributed by atoms with Crippen molar-refractivity contribution in [3.05, 3.63) is 83.7 Å². The van der Waals surface area contributed by atoms with E-state index in [1.807, 2.05) is 12.1 Å². The first kappa shape index (κ1) is 67.4. The van der Waals surface area contributed by atoms with Crippen molar-refractivity contribution in [1.82, 2.24) is 46.4 Å². The van der Waals surface area contributed by atoms with Crippen LogP contribution in [0.1, 0.15) is 116 Å². The molecule has 10 amide bonds. The maximum atomic E-state index is 15.4. The summed E-state index contributed by atoms with van der Waals surface area (Å²) in [5.41, 5.74) is 5.75. The van der Waals surface area contributed by atoms with Gasteiger partial charge in [-0.05, 0) is 68.4 Å². The van der Waals surface area contributed by atoms with Gasteiger partial charge >= 0.3 is 17.9 Å². The minimum Gasteiger partial charge on any atom is -0.481 e. The molecule has 11 N–H and O–H groups in total. The zero-order chi connectivity index (χ0) is 62.6. The van der Waals surface area contributed by atoms with E-state index in [-0.39, 0.29) is 49.8 Å². The first-order valence-corrected chi connectivity index (χ1v) is 26.7. The van der Waals surface area contributed by atoms with Crippen LogP contribution in [-0.2, 0) is 73.7 Å². The number of nitrogens with one attached hydrogen (secondary N) is 6. The zero-order valence-corrected chi connectivity index (χ0v) is 46.9. The minimum absolute atomic E-state index is 0.104. The summed E-state index contributed by atoms with van der Waals surface area (Å²) in [6.45, 7) is 5.77. The molecule has 27 nitrogen and oxygen atoms in total. The molecule has 2 aromatic carbocycles. The van der Waals surface area contributed by atoms with E-state index in [1.165, 1.54) is 18.7 Å². The first-order chi connectivity index (χ1) is 39.5. The fraction of sp³-hybridized carbons (Fsp3) is 0.473. The van der Waals surface area contributed by atoms with Gasteiger partial charge in [0.05, 0.1) is 12.5 Å². The number of halogens is 2. The lowest BCUT2D eigenvalue weighted by Gasteiger charge is -2.41. The van der Waals surface area contributed by atoms with Crippen LogP contribution in [0.5, 0.6) is 0 Å². The van der Waals surface area contributed by atoms with E-state index in [0.717, 1.165) is 23.8 Å². The molecule has 1 fully saturated rings. The molecule has 456 valence electrons. The minimum atomic E-state index is -1.86.